The Labute approximate surface area is 203 Å². The van der Waals surface area contributed by atoms with Crippen molar-refractivity contribution in [3.8, 4) is 28.0 Å². The molecule has 182 valence electrons. The van der Waals surface area contributed by atoms with E-state index in [9.17, 15) is 13.2 Å². The zero-order valence-electron chi connectivity index (χ0n) is 19.9. The van der Waals surface area contributed by atoms with E-state index in [4.69, 9.17) is 9.47 Å². The first kappa shape index (κ1) is 23.3. The van der Waals surface area contributed by atoms with E-state index in [1.165, 1.54) is 4.57 Å². The first-order chi connectivity index (χ1) is 16.8. The van der Waals surface area contributed by atoms with Crippen molar-refractivity contribution < 1.29 is 17.9 Å². The van der Waals surface area contributed by atoms with Gasteiger partial charge in [0.1, 0.15) is 5.75 Å². The van der Waals surface area contributed by atoms with Crippen LogP contribution in [0.4, 0.5) is 0 Å². The molecule has 1 aliphatic rings. The molecule has 0 aliphatic carbocycles. The summed E-state index contributed by atoms with van der Waals surface area (Å²) in [7, 11) is 0.0977. The predicted molar refractivity (Wildman–Crippen MR) is 134 cm³/mol. The summed E-state index contributed by atoms with van der Waals surface area (Å²) in [5.41, 5.74) is 3.05. The molecular formula is C26H27N3O5S. The van der Waals surface area contributed by atoms with Crippen LogP contribution in [-0.2, 0) is 28.7 Å². The molecule has 0 atom stereocenters. The minimum atomic E-state index is -3.45. The van der Waals surface area contributed by atoms with Crippen LogP contribution in [0, 0.1) is 5.92 Å². The van der Waals surface area contributed by atoms with Crippen LogP contribution in [0.1, 0.15) is 6.92 Å². The lowest BCUT2D eigenvalue weighted by Gasteiger charge is -2.26. The fourth-order valence-corrected chi connectivity index (χ4v) is 5.13. The SMILES string of the molecule is CCS(=O)(=O)c1ccc(OCC2COC2)c(-c2cn(C)c(=O)c3ccc(-c4cnn(C)c4)cc23)c1. The van der Waals surface area contributed by atoms with Gasteiger partial charge in [0.2, 0.25) is 0 Å². The minimum Gasteiger partial charge on any atom is -0.492 e. The number of rotatable bonds is 7. The third kappa shape index (κ3) is 4.37. The van der Waals surface area contributed by atoms with Crippen LogP contribution in [0.3, 0.4) is 0 Å². The summed E-state index contributed by atoms with van der Waals surface area (Å²) in [5, 5.41) is 5.52. The average Bonchev–Trinajstić information content (AvgIpc) is 3.26. The molecule has 0 unspecified atom stereocenters. The number of sulfone groups is 1. The zero-order valence-corrected chi connectivity index (χ0v) is 20.7. The van der Waals surface area contributed by atoms with Crippen LogP contribution in [0.15, 0.2) is 64.7 Å². The van der Waals surface area contributed by atoms with E-state index in [0.29, 0.717) is 42.4 Å². The fourth-order valence-electron chi connectivity index (χ4n) is 4.22. The Kier molecular flexibility index (Phi) is 5.98. The summed E-state index contributed by atoms with van der Waals surface area (Å²) in [4.78, 5) is 13.2. The summed E-state index contributed by atoms with van der Waals surface area (Å²) in [5.74, 6) is 0.861. The number of fused-ring (bicyclic) bond motifs is 1. The second-order valence-electron chi connectivity index (χ2n) is 8.90. The van der Waals surface area contributed by atoms with Crippen molar-refractivity contribution >= 4 is 20.6 Å². The van der Waals surface area contributed by atoms with Crippen LogP contribution >= 0.6 is 0 Å². The lowest BCUT2D eigenvalue weighted by molar-refractivity contribution is -0.0507. The first-order valence-corrected chi connectivity index (χ1v) is 13.1. The Morgan fingerprint density at radius 1 is 1.03 bits per heavy atom. The first-order valence-electron chi connectivity index (χ1n) is 11.5. The van der Waals surface area contributed by atoms with E-state index < -0.39 is 9.84 Å². The van der Waals surface area contributed by atoms with Gasteiger partial charge >= 0.3 is 0 Å². The van der Waals surface area contributed by atoms with Crippen molar-refractivity contribution in [2.45, 2.75) is 11.8 Å². The van der Waals surface area contributed by atoms with Gasteiger partial charge in [0.15, 0.2) is 9.84 Å². The molecule has 5 rings (SSSR count). The summed E-state index contributed by atoms with van der Waals surface area (Å²) in [6.07, 6.45) is 5.42. The maximum absolute atomic E-state index is 13.0. The van der Waals surface area contributed by atoms with Crippen molar-refractivity contribution in [1.29, 1.82) is 0 Å². The van der Waals surface area contributed by atoms with Gasteiger partial charge in [0.05, 0.1) is 36.7 Å². The Bertz CT molecular complexity index is 1580. The molecule has 0 saturated carbocycles. The predicted octanol–water partition coefficient (Wildman–Crippen LogP) is 3.42. The molecular weight excluding hydrogens is 466 g/mol. The maximum atomic E-state index is 13.0. The number of hydrogen-bond donors (Lipinski definition) is 0. The Balaban J connectivity index is 1.74. The van der Waals surface area contributed by atoms with Crippen LogP contribution in [0.5, 0.6) is 5.75 Å². The standard InChI is InChI=1S/C26H27N3O5S/c1-4-35(31,32)20-6-8-25(34-16-17-14-33-15-17)23(10-20)24-13-28(2)26(30)21-7-5-18(9-22(21)24)19-11-27-29(3)12-19/h5-13,17H,4,14-16H2,1-3H3. The molecule has 2 aromatic carbocycles. The van der Waals surface area contributed by atoms with Crippen molar-refractivity contribution in [2.75, 3.05) is 25.6 Å². The normalized spacial score (nSPS) is 14.3. The van der Waals surface area contributed by atoms with Gasteiger partial charge in [0.25, 0.3) is 5.56 Å². The number of ether oxygens (including phenoxy) is 2. The molecule has 0 bridgehead atoms. The highest BCUT2D eigenvalue weighted by Gasteiger charge is 2.22. The highest BCUT2D eigenvalue weighted by Crippen LogP contribution is 2.38. The van der Waals surface area contributed by atoms with E-state index in [0.717, 1.165) is 22.1 Å². The van der Waals surface area contributed by atoms with Crippen LogP contribution in [0.25, 0.3) is 33.0 Å². The Morgan fingerprint density at radius 3 is 2.49 bits per heavy atom. The largest absolute Gasteiger partial charge is 0.492 e. The molecule has 3 heterocycles. The monoisotopic (exact) mass is 493 g/mol. The highest BCUT2D eigenvalue weighted by molar-refractivity contribution is 7.91. The third-order valence-corrected chi connectivity index (χ3v) is 8.12. The van der Waals surface area contributed by atoms with Gasteiger partial charge < -0.3 is 14.0 Å². The van der Waals surface area contributed by atoms with Crippen molar-refractivity contribution in [3.63, 3.8) is 0 Å². The van der Waals surface area contributed by atoms with Crippen LogP contribution < -0.4 is 10.3 Å². The number of nitrogens with zero attached hydrogens (tertiary/aromatic N) is 3. The number of pyridine rings is 1. The maximum Gasteiger partial charge on any atom is 0.258 e. The molecule has 35 heavy (non-hydrogen) atoms. The number of aryl methyl sites for hydroxylation is 2. The summed E-state index contributed by atoms with van der Waals surface area (Å²) in [6.45, 7) is 3.39. The average molecular weight is 494 g/mol. The molecule has 8 nitrogen and oxygen atoms in total. The van der Waals surface area contributed by atoms with Crippen LogP contribution in [0.2, 0.25) is 0 Å². The molecule has 1 fully saturated rings. The molecule has 4 aromatic rings. The molecule has 0 radical (unpaired) electrons. The molecule has 0 amide bonds. The third-order valence-electron chi connectivity index (χ3n) is 6.38. The van der Waals surface area contributed by atoms with Crippen molar-refractivity contribution in [3.05, 3.63) is 65.3 Å². The number of benzene rings is 2. The van der Waals surface area contributed by atoms with E-state index in [-0.39, 0.29) is 16.2 Å². The number of aromatic nitrogens is 3. The second-order valence-corrected chi connectivity index (χ2v) is 11.2. The second kappa shape index (κ2) is 8.98. The number of hydrogen-bond acceptors (Lipinski definition) is 6. The van der Waals surface area contributed by atoms with Crippen LogP contribution in [-0.4, -0.2) is 48.3 Å². The van der Waals surface area contributed by atoms with Crippen molar-refractivity contribution in [2.24, 2.45) is 20.0 Å². The quantitative estimate of drug-likeness (QED) is 0.392. The van der Waals surface area contributed by atoms with Gasteiger partial charge in [-0.05, 0) is 41.3 Å². The molecule has 0 N–H and O–H groups in total. The van der Waals surface area contributed by atoms with Gasteiger partial charge in [-0.15, -0.1) is 0 Å². The Morgan fingerprint density at radius 2 is 1.83 bits per heavy atom. The minimum absolute atomic E-state index is 0.00870. The summed E-state index contributed by atoms with van der Waals surface area (Å²) >= 11 is 0. The molecule has 1 saturated heterocycles. The van der Waals surface area contributed by atoms with E-state index in [2.05, 4.69) is 5.10 Å². The summed E-state index contributed by atoms with van der Waals surface area (Å²) in [6, 6.07) is 10.6. The van der Waals surface area contributed by atoms with Crippen molar-refractivity contribution in [1.82, 2.24) is 14.3 Å². The van der Waals surface area contributed by atoms with E-state index >= 15 is 0 Å². The van der Waals surface area contributed by atoms with Gasteiger partial charge in [-0.1, -0.05) is 13.0 Å². The smallest absolute Gasteiger partial charge is 0.258 e. The van der Waals surface area contributed by atoms with Gasteiger partial charge in [-0.25, -0.2) is 8.42 Å². The summed E-state index contributed by atoms with van der Waals surface area (Å²) < 4.78 is 40.1. The fraction of sp³-hybridized carbons (Fsp3) is 0.308. The lowest BCUT2D eigenvalue weighted by Crippen LogP contribution is -2.32. The lowest BCUT2D eigenvalue weighted by atomic mass is 9.96. The van der Waals surface area contributed by atoms with Gasteiger partial charge in [-0.2, -0.15) is 5.10 Å². The van der Waals surface area contributed by atoms with E-state index in [1.807, 2.05) is 31.4 Å². The van der Waals surface area contributed by atoms with Gasteiger partial charge in [-0.3, -0.25) is 9.48 Å². The zero-order chi connectivity index (χ0) is 24.7. The molecule has 0 spiro atoms. The molecule has 9 heteroatoms. The molecule has 2 aromatic heterocycles. The van der Waals surface area contributed by atoms with Gasteiger partial charge in [0, 0.05) is 54.5 Å². The highest BCUT2D eigenvalue weighted by atomic mass is 32.2. The Hall–Kier alpha value is -3.43. The topological polar surface area (TPSA) is 92.4 Å². The molecule has 1 aliphatic heterocycles. The van der Waals surface area contributed by atoms with E-state index in [1.54, 1.807) is 49.2 Å².